The van der Waals surface area contributed by atoms with E-state index >= 15 is 0 Å². The van der Waals surface area contributed by atoms with Crippen LogP contribution in [0.3, 0.4) is 0 Å². The number of aryl methyl sites for hydroxylation is 2. The molecule has 1 aromatic carbocycles. The van der Waals surface area contributed by atoms with Crippen LogP contribution >= 0.6 is 27.5 Å². The Balaban J connectivity index is 2.48. The highest BCUT2D eigenvalue weighted by Crippen LogP contribution is 2.29. The number of hydrogen-bond donors (Lipinski definition) is 2. The molecule has 6 heteroatoms. The lowest BCUT2D eigenvalue weighted by atomic mass is 10.0. The van der Waals surface area contributed by atoms with Gasteiger partial charge >= 0.3 is 0 Å². The highest BCUT2D eigenvalue weighted by molar-refractivity contribution is 9.10. The van der Waals surface area contributed by atoms with Crippen molar-refractivity contribution < 1.29 is 0 Å². The molecule has 1 unspecified atom stereocenters. The van der Waals surface area contributed by atoms with Crippen LogP contribution in [0.5, 0.6) is 0 Å². The molecule has 0 spiro atoms. The molecular weight excluding hydrogens is 316 g/mol. The van der Waals surface area contributed by atoms with Gasteiger partial charge in [0.2, 0.25) is 0 Å². The van der Waals surface area contributed by atoms with Crippen molar-refractivity contribution in [1.29, 1.82) is 0 Å². The molecule has 0 aliphatic rings. The Labute approximate surface area is 119 Å². The quantitative estimate of drug-likeness (QED) is 0.672. The molecule has 0 saturated heterocycles. The molecule has 0 aliphatic carbocycles. The first-order chi connectivity index (χ1) is 8.54. The third-order valence-electron chi connectivity index (χ3n) is 2.91. The summed E-state index contributed by atoms with van der Waals surface area (Å²) in [6, 6.07) is 5.90. The molecule has 2 aromatic rings. The van der Waals surface area contributed by atoms with E-state index < -0.39 is 0 Å². The van der Waals surface area contributed by atoms with Crippen molar-refractivity contribution in [2.45, 2.75) is 13.0 Å². The number of nitrogens with two attached hydrogens (primary N) is 1. The normalized spacial score (nSPS) is 12.7. The maximum absolute atomic E-state index is 6.15. The predicted octanol–water partition coefficient (Wildman–Crippen LogP) is 2.70. The third-order valence-corrected chi connectivity index (χ3v) is 4.05. The number of nitrogens with one attached hydrogen (secondary N) is 1. The van der Waals surface area contributed by atoms with Gasteiger partial charge in [0, 0.05) is 11.5 Å². The average molecular weight is 330 g/mol. The van der Waals surface area contributed by atoms with Gasteiger partial charge in [-0.25, -0.2) is 5.43 Å². The van der Waals surface area contributed by atoms with Crippen LogP contribution in [0.25, 0.3) is 0 Å². The Kier molecular flexibility index (Phi) is 4.07. The Morgan fingerprint density at radius 3 is 2.72 bits per heavy atom. The van der Waals surface area contributed by atoms with Crippen LogP contribution in [0.15, 0.2) is 28.9 Å². The standard InChI is InChI=1S/C12H14BrClN4/c1-7-3-4-8(5-9(7)13)11(17-15)12-10(14)6-16-18(12)2/h3-6,11,17H,15H2,1-2H3. The summed E-state index contributed by atoms with van der Waals surface area (Å²) in [5, 5.41) is 4.72. The highest BCUT2D eigenvalue weighted by Gasteiger charge is 2.20. The smallest absolute Gasteiger partial charge is 0.0893 e. The molecule has 0 saturated carbocycles. The largest absolute Gasteiger partial charge is 0.271 e. The SMILES string of the molecule is Cc1ccc(C(NN)c2c(Cl)cnn2C)cc1Br. The summed E-state index contributed by atoms with van der Waals surface area (Å²) in [5.74, 6) is 5.66. The monoisotopic (exact) mass is 328 g/mol. The second kappa shape index (κ2) is 5.40. The van der Waals surface area contributed by atoms with Gasteiger partial charge in [0.05, 0.1) is 23.0 Å². The fourth-order valence-corrected chi connectivity index (χ4v) is 2.54. The van der Waals surface area contributed by atoms with Crippen LogP contribution in [0.4, 0.5) is 0 Å². The van der Waals surface area contributed by atoms with E-state index in [0.717, 1.165) is 15.7 Å². The lowest BCUT2D eigenvalue weighted by Crippen LogP contribution is -2.30. The Bertz CT molecular complexity index is 548. The highest BCUT2D eigenvalue weighted by atomic mass is 79.9. The molecule has 0 amide bonds. The molecule has 0 bridgehead atoms. The van der Waals surface area contributed by atoms with Gasteiger partial charge in [-0.05, 0) is 24.1 Å². The van der Waals surface area contributed by atoms with Crippen molar-refractivity contribution in [3.05, 3.63) is 50.7 Å². The number of benzene rings is 1. The third kappa shape index (κ3) is 2.44. The minimum absolute atomic E-state index is 0.193. The van der Waals surface area contributed by atoms with E-state index in [1.807, 2.05) is 32.2 Å². The van der Waals surface area contributed by atoms with Gasteiger partial charge < -0.3 is 0 Å². The van der Waals surface area contributed by atoms with E-state index in [0.29, 0.717) is 5.02 Å². The molecule has 2 rings (SSSR count). The van der Waals surface area contributed by atoms with Crippen molar-refractivity contribution in [3.8, 4) is 0 Å². The van der Waals surface area contributed by atoms with E-state index in [4.69, 9.17) is 17.4 Å². The summed E-state index contributed by atoms with van der Waals surface area (Å²) in [4.78, 5) is 0. The van der Waals surface area contributed by atoms with E-state index in [1.54, 1.807) is 10.9 Å². The molecule has 4 nitrogen and oxygen atoms in total. The molecule has 0 fully saturated rings. The van der Waals surface area contributed by atoms with Gasteiger partial charge in [0.1, 0.15) is 0 Å². The minimum Gasteiger partial charge on any atom is -0.271 e. The molecule has 96 valence electrons. The van der Waals surface area contributed by atoms with Gasteiger partial charge in [0.15, 0.2) is 0 Å². The summed E-state index contributed by atoms with van der Waals surface area (Å²) in [7, 11) is 1.84. The number of halogens is 2. The summed E-state index contributed by atoms with van der Waals surface area (Å²) < 4.78 is 2.76. The summed E-state index contributed by atoms with van der Waals surface area (Å²) in [6.45, 7) is 2.04. The molecule has 18 heavy (non-hydrogen) atoms. The van der Waals surface area contributed by atoms with Crippen LogP contribution in [0, 0.1) is 6.92 Å². The molecule has 1 atom stereocenters. The average Bonchev–Trinajstić information content (AvgIpc) is 2.66. The molecule has 0 aliphatic heterocycles. The van der Waals surface area contributed by atoms with Gasteiger partial charge in [-0.2, -0.15) is 5.10 Å². The molecule has 1 aromatic heterocycles. The van der Waals surface area contributed by atoms with Gasteiger partial charge in [-0.3, -0.25) is 10.5 Å². The summed E-state index contributed by atoms with van der Waals surface area (Å²) >= 11 is 9.67. The predicted molar refractivity (Wildman–Crippen MR) is 76.3 cm³/mol. The van der Waals surface area contributed by atoms with Gasteiger partial charge in [-0.15, -0.1) is 0 Å². The maximum atomic E-state index is 6.15. The Morgan fingerprint density at radius 2 is 2.22 bits per heavy atom. The zero-order valence-corrected chi connectivity index (χ0v) is 12.5. The Hall–Kier alpha value is -0.880. The van der Waals surface area contributed by atoms with E-state index in [1.165, 1.54) is 5.56 Å². The van der Waals surface area contributed by atoms with E-state index in [-0.39, 0.29) is 6.04 Å². The first-order valence-corrected chi connectivity index (χ1v) is 6.61. The minimum atomic E-state index is -0.193. The molecule has 0 radical (unpaired) electrons. The number of nitrogens with zero attached hydrogens (tertiary/aromatic N) is 2. The Morgan fingerprint density at radius 1 is 1.50 bits per heavy atom. The summed E-state index contributed by atoms with van der Waals surface area (Å²) in [5.41, 5.74) is 5.83. The zero-order valence-electron chi connectivity index (χ0n) is 10.1. The fraction of sp³-hybridized carbons (Fsp3) is 0.250. The molecular formula is C12H14BrClN4. The van der Waals surface area contributed by atoms with Gasteiger partial charge in [0.25, 0.3) is 0 Å². The van der Waals surface area contributed by atoms with Gasteiger partial charge in [-0.1, -0.05) is 39.7 Å². The number of hydrazine groups is 1. The zero-order chi connectivity index (χ0) is 13.3. The van der Waals surface area contributed by atoms with E-state index in [2.05, 4.69) is 26.5 Å². The molecule has 1 heterocycles. The number of hydrogen-bond acceptors (Lipinski definition) is 3. The second-order valence-corrected chi connectivity index (χ2v) is 5.37. The van der Waals surface area contributed by atoms with Crippen LogP contribution in [0.2, 0.25) is 5.02 Å². The van der Waals surface area contributed by atoms with Crippen molar-refractivity contribution in [3.63, 3.8) is 0 Å². The van der Waals surface area contributed by atoms with Crippen LogP contribution in [-0.2, 0) is 7.05 Å². The fourth-order valence-electron chi connectivity index (χ4n) is 1.87. The van der Waals surface area contributed by atoms with Crippen molar-refractivity contribution in [2.75, 3.05) is 0 Å². The summed E-state index contributed by atoms with van der Waals surface area (Å²) in [6.07, 6.45) is 1.62. The lowest BCUT2D eigenvalue weighted by molar-refractivity contribution is 0.575. The van der Waals surface area contributed by atoms with Crippen molar-refractivity contribution >= 4 is 27.5 Å². The topological polar surface area (TPSA) is 55.9 Å². The second-order valence-electron chi connectivity index (χ2n) is 4.11. The first kappa shape index (κ1) is 13.5. The van der Waals surface area contributed by atoms with E-state index in [9.17, 15) is 0 Å². The lowest BCUT2D eigenvalue weighted by Gasteiger charge is -2.18. The van der Waals surface area contributed by atoms with Crippen LogP contribution in [-0.4, -0.2) is 9.78 Å². The van der Waals surface area contributed by atoms with Crippen LogP contribution < -0.4 is 11.3 Å². The maximum Gasteiger partial charge on any atom is 0.0893 e. The van der Waals surface area contributed by atoms with Crippen molar-refractivity contribution in [2.24, 2.45) is 12.9 Å². The van der Waals surface area contributed by atoms with Crippen molar-refractivity contribution in [1.82, 2.24) is 15.2 Å². The van der Waals surface area contributed by atoms with Crippen LogP contribution in [0.1, 0.15) is 22.9 Å². The number of aromatic nitrogens is 2. The molecule has 3 N–H and O–H groups in total. The first-order valence-electron chi connectivity index (χ1n) is 5.44. The number of rotatable bonds is 3.